The summed E-state index contributed by atoms with van der Waals surface area (Å²) >= 11 is 7.15. The molecule has 0 amide bonds. The van der Waals surface area contributed by atoms with Gasteiger partial charge in [-0.3, -0.25) is 0 Å². The molecule has 2 rings (SSSR count). The predicted molar refractivity (Wildman–Crippen MR) is 50.0 cm³/mol. The molecule has 2 atom stereocenters. The van der Waals surface area contributed by atoms with Crippen LogP contribution < -0.4 is 0 Å². The zero-order chi connectivity index (χ0) is 9.26. The molecule has 0 bridgehead atoms. The van der Waals surface area contributed by atoms with Gasteiger partial charge in [0.05, 0.1) is 6.20 Å². The number of thiazole rings is 1. The molecule has 70 valence electrons. The van der Waals surface area contributed by atoms with E-state index in [1.54, 1.807) is 6.20 Å². The summed E-state index contributed by atoms with van der Waals surface area (Å²) in [5, 5.41) is 0.870. The fourth-order valence-corrected chi connectivity index (χ4v) is 2.36. The molecule has 0 saturated carbocycles. The molecule has 0 N–H and O–H groups in total. The molecule has 0 radical (unpaired) electrons. The van der Waals surface area contributed by atoms with Crippen molar-refractivity contribution in [3.63, 3.8) is 0 Å². The second-order valence-corrected chi connectivity index (χ2v) is 4.57. The topological polar surface area (TPSA) is 39.2 Å². The number of rotatable bonds is 2. The first-order valence-corrected chi connectivity index (χ1v) is 5.21. The Morgan fingerprint density at radius 2 is 2.54 bits per heavy atom. The van der Waals surface area contributed by atoms with Crippen molar-refractivity contribution < 1.29 is 9.53 Å². The third kappa shape index (κ3) is 1.90. The smallest absolute Gasteiger partial charge is 0.148 e. The van der Waals surface area contributed by atoms with E-state index in [0.717, 1.165) is 24.1 Å². The molecule has 0 spiro atoms. The zero-order valence-electron chi connectivity index (χ0n) is 6.77. The number of carbonyl (C=O) groups is 1. The van der Waals surface area contributed by atoms with E-state index in [0.29, 0.717) is 4.34 Å². The van der Waals surface area contributed by atoms with Gasteiger partial charge in [0.15, 0.2) is 0 Å². The summed E-state index contributed by atoms with van der Waals surface area (Å²) in [5.74, 6) is 0. The van der Waals surface area contributed by atoms with E-state index in [4.69, 9.17) is 16.3 Å². The molecular formula is C8H8ClNO2S. The van der Waals surface area contributed by atoms with Crippen LogP contribution in [0.25, 0.3) is 0 Å². The van der Waals surface area contributed by atoms with Crippen LogP contribution in [0.15, 0.2) is 6.20 Å². The third-order valence-electron chi connectivity index (χ3n) is 1.98. The van der Waals surface area contributed by atoms with Gasteiger partial charge in [0.25, 0.3) is 0 Å². The Morgan fingerprint density at radius 1 is 1.69 bits per heavy atom. The Bertz CT molecular complexity index is 315. The summed E-state index contributed by atoms with van der Waals surface area (Å²) < 4.78 is 6.09. The van der Waals surface area contributed by atoms with Crippen LogP contribution in [0.1, 0.15) is 24.0 Å². The van der Waals surface area contributed by atoms with Crippen molar-refractivity contribution in [1.29, 1.82) is 0 Å². The largest absolute Gasteiger partial charge is 0.360 e. The Balaban J connectivity index is 2.07. The number of aldehydes is 1. The predicted octanol–water partition coefficient (Wildman–Crippen LogP) is 2.22. The van der Waals surface area contributed by atoms with E-state index < -0.39 is 0 Å². The summed E-state index contributed by atoms with van der Waals surface area (Å²) in [7, 11) is 0. The molecule has 1 saturated heterocycles. The molecule has 2 heterocycles. The highest BCUT2D eigenvalue weighted by atomic mass is 35.5. The molecule has 1 aliphatic heterocycles. The molecule has 0 aromatic carbocycles. The van der Waals surface area contributed by atoms with E-state index in [9.17, 15) is 4.79 Å². The number of hydrogen-bond donors (Lipinski definition) is 0. The molecule has 3 nitrogen and oxygen atoms in total. The number of carbonyl (C=O) groups excluding carboxylic acids is 1. The van der Waals surface area contributed by atoms with Crippen LogP contribution in [-0.4, -0.2) is 17.4 Å². The second kappa shape index (κ2) is 3.74. The highest BCUT2D eigenvalue weighted by Gasteiger charge is 2.27. The number of hydrogen-bond acceptors (Lipinski definition) is 4. The fraction of sp³-hybridized carbons (Fsp3) is 0.500. The van der Waals surface area contributed by atoms with Gasteiger partial charge in [-0.25, -0.2) is 4.98 Å². The summed E-state index contributed by atoms with van der Waals surface area (Å²) in [4.78, 5) is 14.5. The SMILES string of the molecule is O=CC1CCC(c2ncc(Cl)s2)O1. The number of halogens is 1. The number of ether oxygens (including phenoxy) is 1. The fourth-order valence-electron chi connectivity index (χ4n) is 1.36. The van der Waals surface area contributed by atoms with Crippen LogP contribution >= 0.6 is 22.9 Å². The molecule has 1 aromatic heterocycles. The minimum atomic E-state index is -0.257. The summed E-state index contributed by atoms with van der Waals surface area (Å²) in [6.45, 7) is 0. The minimum absolute atomic E-state index is 0.0345. The first-order chi connectivity index (χ1) is 6.29. The summed E-state index contributed by atoms with van der Waals surface area (Å²) in [5.41, 5.74) is 0. The van der Waals surface area contributed by atoms with Crippen molar-refractivity contribution in [2.45, 2.75) is 25.0 Å². The van der Waals surface area contributed by atoms with Crippen molar-refractivity contribution >= 4 is 29.2 Å². The van der Waals surface area contributed by atoms with Gasteiger partial charge in [-0.05, 0) is 12.8 Å². The van der Waals surface area contributed by atoms with Crippen LogP contribution in [0.2, 0.25) is 4.34 Å². The van der Waals surface area contributed by atoms with Gasteiger partial charge in [0.1, 0.15) is 27.8 Å². The lowest BCUT2D eigenvalue weighted by molar-refractivity contribution is -0.117. The second-order valence-electron chi connectivity index (χ2n) is 2.88. The molecule has 1 aliphatic rings. The van der Waals surface area contributed by atoms with Crippen LogP contribution in [0.3, 0.4) is 0 Å². The van der Waals surface area contributed by atoms with Gasteiger partial charge in [-0.15, -0.1) is 11.3 Å². The minimum Gasteiger partial charge on any atom is -0.360 e. The van der Waals surface area contributed by atoms with Gasteiger partial charge in [0.2, 0.25) is 0 Å². The van der Waals surface area contributed by atoms with Crippen LogP contribution in [-0.2, 0) is 9.53 Å². The van der Waals surface area contributed by atoms with E-state index in [1.807, 2.05) is 0 Å². The lowest BCUT2D eigenvalue weighted by atomic mass is 10.2. The summed E-state index contributed by atoms with van der Waals surface area (Å²) in [6, 6.07) is 0. The van der Waals surface area contributed by atoms with Crippen molar-refractivity contribution in [2.75, 3.05) is 0 Å². The summed E-state index contributed by atoms with van der Waals surface area (Å²) in [6.07, 6.45) is 3.80. The van der Waals surface area contributed by atoms with Gasteiger partial charge in [-0.2, -0.15) is 0 Å². The third-order valence-corrected chi connectivity index (χ3v) is 3.18. The molecule has 1 aromatic rings. The van der Waals surface area contributed by atoms with Crippen LogP contribution in [0.5, 0.6) is 0 Å². The lowest BCUT2D eigenvalue weighted by Crippen LogP contribution is -2.06. The van der Waals surface area contributed by atoms with Gasteiger partial charge >= 0.3 is 0 Å². The molecular weight excluding hydrogens is 210 g/mol. The van der Waals surface area contributed by atoms with E-state index >= 15 is 0 Å². The zero-order valence-corrected chi connectivity index (χ0v) is 8.35. The first kappa shape index (κ1) is 9.12. The standard InChI is InChI=1S/C8H8ClNO2S/c9-7-3-10-8(13-7)6-2-1-5(4-11)12-6/h3-6H,1-2H2. The van der Waals surface area contributed by atoms with Crippen LogP contribution in [0.4, 0.5) is 0 Å². The van der Waals surface area contributed by atoms with E-state index in [1.165, 1.54) is 11.3 Å². The van der Waals surface area contributed by atoms with Crippen molar-refractivity contribution in [3.8, 4) is 0 Å². The Morgan fingerprint density at radius 3 is 3.08 bits per heavy atom. The Kier molecular flexibility index (Phi) is 2.62. The molecule has 0 aliphatic carbocycles. The van der Waals surface area contributed by atoms with Gasteiger partial charge in [-0.1, -0.05) is 11.6 Å². The Hall–Kier alpha value is -0.450. The normalized spacial score (nSPS) is 27.8. The highest BCUT2D eigenvalue weighted by Crippen LogP contribution is 2.35. The van der Waals surface area contributed by atoms with Gasteiger partial charge in [0, 0.05) is 0 Å². The number of nitrogens with zero attached hydrogens (tertiary/aromatic N) is 1. The van der Waals surface area contributed by atoms with E-state index in [2.05, 4.69) is 4.98 Å². The lowest BCUT2D eigenvalue weighted by Gasteiger charge is -2.05. The highest BCUT2D eigenvalue weighted by molar-refractivity contribution is 7.15. The van der Waals surface area contributed by atoms with Crippen molar-refractivity contribution in [1.82, 2.24) is 4.98 Å². The Labute approximate surface area is 84.7 Å². The molecule has 13 heavy (non-hydrogen) atoms. The van der Waals surface area contributed by atoms with Crippen LogP contribution in [0, 0.1) is 0 Å². The average Bonchev–Trinajstić information content (AvgIpc) is 2.71. The maximum atomic E-state index is 10.4. The first-order valence-electron chi connectivity index (χ1n) is 4.01. The molecule has 1 fully saturated rings. The van der Waals surface area contributed by atoms with Crippen molar-refractivity contribution in [3.05, 3.63) is 15.5 Å². The number of aromatic nitrogens is 1. The molecule has 5 heteroatoms. The maximum Gasteiger partial charge on any atom is 0.148 e. The monoisotopic (exact) mass is 217 g/mol. The maximum absolute atomic E-state index is 10.4. The molecule has 2 unspecified atom stereocenters. The van der Waals surface area contributed by atoms with Gasteiger partial charge < -0.3 is 9.53 Å². The average molecular weight is 218 g/mol. The van der Waals surface area contributed by atoms with Crippen molar-refractivity contribution in [2.24, 2.45) is 0 Å². The van der Waals surface area contributed by atoms with E-state index in [-0.39, 0.29) is 12.2 Å². The quantitative estimate of drug-likeness (QED) is 0.713.